The van der Waals surface area contributed by atoms with Crippen LogP contribution >= 0.6 is 0 Å². The number of aryl methyl sites for hydroxylation is 1. The molecule has 0 heterocycles. The second-order valence-corrected chi connectivity index (χ2v) is 7.40. The molecule has 1 aromatic rings. The van der Waals surface area contributed by atoms with E-state index in [0.717, 1.165) is 18.4 Å². The second-order valence-electron chi connectivity index (χ2n) is 6.01. The predicted molar refractivity (Wildman–Crippen MR) is 91.8 cm³/mol. The minimum atomic E-state index is -4.10. The van der Waals surface area contributed by atoms with Crippen LogP contribution in [0.4, 0.5) is 0 Å². The van der Waals surface area contributed by atoms with Crippen molar-refractivity contribution in [3.05, 3.63) is 29.8 Å². The van der Waals surface area contributed by atoms with E-state index in [1.165, 1.54) is 57.4 Å². The Hall–Kier alpha value is -0.156. The summed E-state index contributed by atoms with van der Waals surface area (Å²) in [6.07, 6.45) is 13.3. The van der Waals surface area contributed by atoms with Crippen molar-refractivity contribution in [2.24, 2.45) is 0 Å². The first-order valence-electron chi connectivity index (χ1n) is 8.61. The first kappa shape index (κ1) is 22.8. The summed E-state index contributed by atoms with van der Waals surface area (Å²) < 4.78 is 31.8. The summed E-state index contributed by atoms with van der Waals surface area (Å²) in [6, 6.07) is 6.73. The van der Waals surface area contributed by atoms with Crippen LogP contribution in [0.25, 0.3) is 0 Å². The minimum Gasteiger partial charge on any atom is -0.282 e. The maximum atomic E-state index is 11.3. The van der Waals surface area contributed by atoms with Gasteiger partial charge in [0.15, 0.2) is 0 Å². The molecule has 0 spiro atoms. The van der Waals surface area contributed by atoms with Crippen LogP contribution in [0.1, 0.15) is 76.7 Å². The summed E-state index contributed by atoms with van der Waals surface area (Å²) >= 11 is 0. The van der Waals surface area contributed by atoms with Gasteiger partial charge in [-0.2, -0.15) is 8.42 Å². The normalized spacial score (nSPS) is 11.2. The molecule has 0 radical (unpaired) electrons. The Bertz CT molecular complexity index is 515. The number of rotatable bonds is 12. The van der Waals surface area contributed by atoms with E-state index in [1.54, 1.807) is 12.1 Å². The molecule has 1 aromatic carbocycles. The van der Waals surface area contributed by atoms with Gasteiger partial charge in [-0.3, -0.25) is 4.55 Å². The van der Waals surface area contributed by atoms with Crippen molar-refractivity contribution in [1.29, 1.82) is 0 Å². The minimum absolute atomic E-state index is 0. The Kier molecular flexibility index (Phi) is 13.1. The van der Waals surface area contributed by atoms with Crippen molar-refractivity contribution < 1.29 is 34.7 Å². The molecule has 23 heavy (non-hydrogen) atoms. The average molecular weight is 374 g/mol. The first-order valence-corrected chi connectivity index (χ1v) is 10.0. The zero-order valence-electron chi connectivity index (χ0n) is 14.3. The van der Waals surface area contributed by atoms with E-state index >= 15 is 0 Å². The van der Waals surface area contributed by atoms with E-state index in [0.29, 0.717) is 6.42 Å². The molecule has 1 N–H and O–H groups in total. The van der Waals surface area contributed by atoms with Crippen molar-refractivity contribution in [3.63, 3.8) is 0 Å². The largest absolute Gasteiger partial charge is 0.294 e. The molecule has 0 unspecified atom stereocenters. The molecular formula is C18H30O3STi. The van der Waals surface area contributed by atoms with E-state index in [4.69, 9.17) is 0 Å². The maximum Gasteiger partial charge on any atom is 0.294 e. The quantitative estimate of drug-likeness (QED) is 0.303. The molecule has 0 fully saturated rings. The molecule has 0 aliphatic heterocycles. The van der Waals surface area contributed by atoms with Gasteiger partial charge in [0.1, 0.15) is 0 Å². The van der Waals surface area contributed by atoms with Gasteiger partial charge in [-0.1, -0.05) is 82.9 Å². The van der Waals surface area contributed by atoms with E-state index < -0.39 is 10.1 Å². The number of hydrogen-bond acceptors (Lipinski definition) is 2. The standard InChI is InChI=1S/C18H30O3S.Ti/c1-2-3-4-5-6-7-8-9-10-11-14-17-15-12-13-16-18(17)22(19,20)21;/h12-13,15-16H,2-11,14H2,1H3,(H,19,20,21);. The number of unbranched alkanes of at least 4 members (excludes halogenated alkanes) is 9. The van der Waals surface area contributed by atoms with Crippen LogP contribution in [0.5, 0.6) is 0 Å². The zero-order valence-corrected chi connectivity index (χ0v) is 16.6. The van der Waals surface area contributed by atoms with Gasteiger partial charge >= 0.3 is 0 Å². The monoisotopic (exact) mass is 374 g/mol. The smallest absolute Gasteiger partial charge is 0.282 e. The first-order chi connectivity index (χ1) is 10.6. The third-order valence-corrected chi connectivity index (χ3v) is 5.00. The van der Waals surface area contributed by atoms with Crippen molar-refractivity contribution >= 4 is 10.1 Å². The maximum absolute atomic E-state index is 11.3. The van der Waals surface area contributed by atoms with Gasteiger partial charge in [0.05, 0.1) is 4.90 Å². The molecule has 3 nitrogen and oxygen atoms in total. The zero-order chi connectivity index (χ0) is 16.3. The molecule has 0 saturated carbocycles. The fraction of sp³-hybridized carbons (Fsp3) is 0.667. The van der Waals surface area contributed by atoms with Crippen LogP contribution in [-0.2, 0) is 38.3 Å². The van der Waals surface area contributed by atoms with E-state index in [2.05, 4.69) is 6.92 Å². The van der Waals surface area contributed by atoms with Crippen LogP contribution < -0.4 is 0 Å². The summed E-state index contributed by atoms with van der Waals surface area (Å²) in [5.41, 5.74) is 0.726. The molecule has 0 bridgehead atoms. The van der Waals surface area contributed by atoms with E-state index in [9.17, 15) is 13.0 Å². The van der Waals surface area contributed by atoms with E-state index in [1.807, 2.05) is 6.07 Å². The van der Waals surface area contributed by atoms with Gasteiger partial charge in [-0.15, -0.1) is 0 Å². The van der Waals surface area contributed by atoms with Crippen molar-refractivity contribution in [1.82, 2.24) is 0 Å². The molecular weight excluding hydrogens is 344 g/mol. The fourth-order valence-corrected chi connectivity index (χ4v) is 3.52. The topological polar surface area (TPSA) is 54.4 Å². The molecule has 0 saturated heterocycles. The van der Waals surface area contributed by atoms with Crippen LogP contribution in [0.2, 0.25) is 0 Å². The predicted octanol–water partition coefficient (Wildman–Crippen LogP) is 5.39. The Morgan fingerprint density at radius 3 is 1.83 bits per heavy atom. The van der Waals surface area contributed by atoms with Crippen LogP contribution in [0.3, 0.4) is 0 Å². The van der Waals surface area contributed by atoms with Crippen LogP contribution in [0, 0.1) is 0 Å². The van der Waals surface area contributed by atoms with Gasteiger partial charge in [0.25, 0.3) is 10.1 Å². The summed E-state index contributed by atoms with van der Waals surface area (Å²) in [6.45, 7) is 2.24. The Labute approximate surface area is 156 Å². The molecule has 5 heteroatoms. The Morgan fingerprint density at radius 2 is 1.30 bits per heavy atom. The summed E-state index contributed by atoms with van der Waals surface area (Å²) in [5, 5.41) is 0. The average Bonchev–Trinajstić information content (AvgIpc) is 2.48. The van der Waals surface area contributed by atoms with Gasteiger partial charge in [0, 0.05) is 21.7 Å². The number of hydrogen-bond donors (Lipinski definition) is 1. The third kappa shape index (κ3) is 10.3. The van der Waals surface area contributed by atoms with Crippen molar-refractivity contribution in [3.8, 4) is 0 Å². The molecule has 0 atom stereocenters. The summed E-state index contributed by atoms with van der Waals surface area (Å²) in [4.78, 5) is 0.0610. The third-order valence-electron chi connectivity index (χ3n) is 4.05. The van der Waals surface area contributed by atoms with Crippen molar-refractivity contribution in [2.75, 3.05) is 0 Å². The van der Waals surface area contributed by atoms with Crippen LogP contribution in [0.15, 0.2) is 29.2 Å². The van der Waals surface area contributed by atoms with Crippen LogP contribution in [-0.4, -0.2) is 13.0 Å². The molecule has 0 amide bonds. The summed E-state index contributed by atoms with van der Waals surface area (Å²) in [5.74, 6) is 0. The molecule has 1 rings (SSSR count). The van der Waals surface area contributed by atoms with Gasteiger partial charge in [0.2, 0.25) is 0 Å². The molecule has 0 aliphatic rings. The molecule has 0 aromatic heterocycles. The SMILES string of the molecule is CCCCCCCCCCCCc1ccccc1S(=O)(=O)O.[Ti]. The molecule has 130 valence electrons. The van der Waals surface area contributed by atoms with Gasteiger partial charge in [-0.05, 0) is 24.5 Å². The summed E-state index contributed by atoms with van der Waals surface area (Å²) in [7, 11) is -4.10. The van der Waals surface area contributed by atoms with Gasteiger partial charge in [-0.25, -0.2) is 0 Å². The fourth-order valence-electron chi connectivity index (χ4n) is 2.76. The molecule has 0 aliphatic carbocycles. The second kappa shape index (κ2) is 13.2. The van der Waals surface area contributed by atoms with E-state index in [-0.39, 0.29) is 26.6 Å². The Balaban J connectivity index is 0.00000484. The Morgan fingerprint density at radius 1 is 0.826 bits per heavy atom. The van der Waals surface area contributed by atoms with Crippen molar-refractivity contribution in [2.45, 2.75) is 82.4 Å². The van der Waals surface area contributed by atoms with Gasteiger partial charge < -0.3 is 0 Å². The number of benzene rings is 1.